The lowest BCUT2D eigenvalue weighted by molar-refractivity contribution is -0.137. The average Bonchev–Trinajstić information content (AvgIpc) is 2.33. The smallest absolute Gasteiger partial charge is 0.317 e. The summed E-state index contributed by atoms with van der Waals surface area (Å²) in [6.07, 6.45) is 2.80. The van der Waals surface area contributed by atoms with Crippen LogP contribution >= 0.6 is 0 Å². The second-order valence-corrected chi connectivity index (χ2v) is 6.38. The Hall–Kier alpha value is -1.26. The summed E-state index contributed by atoms with van der Waals surface area (Å²) in [4.78, 5) is 24.2. The molecule has 0 spiro atoms. The van der Waals surface area contributed by atoms with Crippen molar-refractivity contribution in [1.82, 2.24) is 10.2 Å². The highest BCUT2D eigenvalue weighted by atomic mass is 16.4. The Bertz CT molecular complexity index is 323. The van der Waals surface area contributed by atoms with Crippen LogP contribution in [0.4, 0.5) is 4.79 Å². The molecule has 0 radical (unpaired) electrons. The fourth-order valence-corrected chi connectivity index (χ4v) is 2.42. The van der Waals surface area contributed by atoms with Crippen molar-refractivity contribution in [2.24, 2.45) is 11.3 Å². The maximum absolute atomic E-state index is 12.0. The summed E-state index contributed by atoms with van der Waals surface area (Å²) in [7, 11) is 0. The Morgan fingerprint density at radius 3 is 2.63 bits per heavy atom. The minimum absolute atomic E-state index is 0.0562. The van der Waals surface area contributed by atoms with E-state index in [2.05, 4.69) is 26.1 Å². The molecule has 0 bridgehead atoms. The standard InChI is InChI=1S/C14H26N2O3/c1-14(2,3)11-6-5-9-16(10-11)13(19)15-8-4-7-12(17)18/h11H,4-10H2,1-3H3,(H,15,19)(H,17,18). The van der Waals surface area contributed by atoms with Crippen LogP contribution in [0.5, 0.6) is 0 Å². The van der Waals surface area contributed by atoms with Crippen LogP contribution in [0, 0.1) is 11.3 Å². The van der Waals surface area contributed by atoms with E-state index in [1.54, 1.807) is 0 Å². The van der Waals surface area contributed by atoms with Crippen LogP contribution in [-0.2, 0) is 4.79 Å². The number of hydrogen-bond donors (Lipinski definition) is 2. The SMILES string of the molecule is CC(C)(C)C1CCCN(C(=O)NCCCC(=O)O)C1. The molecule has 19 heavy (non-hydrogen) atoms. The van der Waals surface area contributed by atoms with E-state index in [-0.39, 0.29) is 17.9 Å². The fraction of sp³-hybridized carbons (Fsp3) is 0.857. The van der Waals surface area contributed by atoms with Gasteiger partial charge in [-0.25, -0.2) is 4.79 Å². The molecule has 5 nitrogen and oxygen atoms in total. The molecule has 0 saturated carbocycles. The van der Waals surface area contributed by atoms with Crippen molar-refractivity contribution in [3.8, 4) is 0 Å². The minimum atomic E-state index is -0.819. The van der Waals surface area contributed by atoms with E-state index in [1.165, 1.54) is 6.42 Å². The lowest BCUT2D eigenvalue weighted by Crippen LogP contribution is -2.48. The number of amides is 2. The average molecular weight is 270 g/mol. The van der Waals surface area contributed by atoms with Gasteiger partial charge in [-0.05, 0) is 30.6 Å². The highest BCUT2D eigenvalue weighted by Crippen LogP contribution is 2.33. The number of carboxylic acids is 1. The highest BCUT2D eigenvalue weighted by Gasteiger charge is 2.31. The number of aliphatic carboxylic acids is 1. The zero-order valence-electron chi connectivity index (χ0n) is 12.2. The van der Waals surface area contributed by atoms with E-state index < -0.39 is 5.97 Å². The summed E-state index contributed by atoms with van der Waals surface area (Å²) >= 11 is 0. The summed E-state index contributed by atoms with van der Waals surface area (Å²) in [6.45, 7) is 8.68. The van der Waals surface area contributed by atoms with Crippen molar-refractivity contribution in [3.63, 3.8) is 0 Å². The number of nitrogens with one attached hydrogen (secondary N) is 1. The number of hydrogen-bond acceptors (Lipinski definition) is 2. The van der Waals surface area contributed by atoms with Crippen LogP contribution in [-0.4, -0.2) is 41.6 Å². The van der Waals surface area contributed by atoms with Gasteiger partial charge in [0.15, 0.2) is 0 Å². The number of nitrogens with zero attached hydrogens (tertiary/aromatic N) is 1. The Kier molecular flexibility index (Phi) is 5.63. The van der Waals surface area contributed by atoms with Gasteiger partial charge in [0, 0.05) is 26.1 Å². The summed E-state index contributed by atoms with van der Waals surface area (Å²) in [5.41, 5.74) is 0.224. The number of carbonyl (C=O) groups excluding carboxylic acids is 1. The minimum Gasteiger partial charge on any atom is -0.481 e. The third-order valence-corrected chi connectivity index (χ3v) is 3.78. The van der Waals surface area contributed by atoms with Gasteiger partial charge in [0.25, 0.3) is 0 Å². The fourth-order valence-electron chi connectivity index (χ4n) is 2.42. The topological polar surface area (TPSA) is 69.6 Å². The molecule has 2 amide bonds. The molecule has 1 aliphatic rings. The molecule has 1 aliphatic heterocycles. The zero-order chi connectivity index (χ0) is 14.5. The van der Waals surface area contributed by atoms with E-state index >= 15 is 0 Å². The van der Waals surface area contributed by atoms with Crippen LogP contribution < -0.4 is 5.32 Å². The second kappa shape index (κ2) is 6.78. The van der Waals surface area contributed by atoms with Gasteiger partial charge >= 0.3 is 12.0 Å². The Balaban J connectivity index is 2.34. The molecule has 0 aliphatic carbocycles. The Labute approximate surface area is 115 Å². The lowest BCUT2D eigenvalue weighted by Gasteiger charge is -2.39. The first-order valence-electron chi connectivity index (χ1n) is 7.05. The summed E-state index contributed by atoms with van der Waals surface area (Å²) in [6, 6.07) is -0.0562. The van der Waals surface area contributed by atoms with Crippen molar-refractivity contribution in [3.05, 3.63) is 0 Å². The number of urea groups is 1. The molecule has 2 N–H and O–H groups in total. The van der Waals surface area contributed by atoms with Gasteiger partial charge in [0.1, 0.15) is 0 Å². The molecular formula is C14H26N2O3. The number of rotatable bonds is 4. The Morgan fingerprint density at radius 1 is 1.37 bits per heavy atom. The summed E-state index contributed by atoms with van der Waals surface area (Å²) in [5.74, 6) is -0.286. The van der Waals surface area contributed by atoms with Gasteiger partial charge in [-0.1, -0.05) is 20.8 Å². The van der Waals surface area contributed by atoms with Crippen LogP contribution in [0.1, 0.15) is 46.5 Å². The highest BCUT2D eigenvalue weighted by molar-refractivity contribution is 5.74. The number of carboxylic acid groups (broad SMARTS) is 1. The van der Waals surface area contributed by atoms with E-state index in [0.29, 0.717) is 18.9 Å². The van der Waals surface area contributed by atoms with Gasteiger partial charge < -0.3 is 15.3 Å². The van der Waals surface area contributed by atoms with E-state index in [4.69, 9.17) is 5.11 Å². The normalized spacial score (nSPS) is 20.2. The molecule has 1 rings (SSSR count). The van der Waals surface area contributed by atoms with Gasteiger partial charge in [0.2, 0.25) is 0 Å². The zero-order valence-corrected chi connectivity index (χ0v) is 12.2. The van der Waals surface area contributed by atoms with Crippen LogP contribution in [0.25, 0.3) is 0 Å². The monoisotopic (exact) mass is 270 g/mol. The molecule has 0 aromatic rings. The third-order valence-electron chi connectivity index (χ3n) is 3.78. The molecular weight excluding hydrogens is 244 g/mol. The first-order valence-corrected chi connectivity index (χ1v) is 7.05. The first-order chi connectivity index (χ1) is 8.80. The van der Waals surface area contributed by atoms with Crippen LogP contribution in [0.2, 0.25) is 0 Å². The second-order valence-electron chi connectivity index (χ2n) is 6.38. The quantitative estimate of drug-likeness (QED) is 0.770. The van der Waals surface area contributed by atoms with Crippen LogP contribution in [0.3, 0.4) is 0 Å². The third kappa shape index (κ3) is 5.49. The molecule has 1 fully saturated rings. The molecule has 110 valence electrons. The van der Waals surface area contributed by atoms with Gasteiger partial charge in [0.05, 0.1) is 0 Å². The van der Waals surface area contributed by atoms with Gasteiger partial charge in [-0.2, -0.15) is 0 Å². The van der Waals surface area contributed by atoms with Crippen molar-refractivity contribution < 1.29 is 14.7 Å². The van der Waals surface area contributed by atoms with E-state index in [0.717, 1.165) is 19.5 Å². The summed E-state index contributed by atoms with van der Waals surface area (Å²) < 4.78 is 0. The number of piperidine rings is 1. The maximum atomic E-state index is 12.0. The molecule has 5 heteroatoms. The van der Waals surface area contributed by atoms with Crippen molar-refractivity contribution in [2.75, 3.05) is 19.6 Å². The van der Waals surface area contributed by atoms with E-state index in [9.17, 15) is 9.59 Å². The van der Waals surface area contributed by atoms with Gasteiger partial charge in [-0.3, -0.25) is 4.79 Å². The van der Waals surface area contributed by atoms with Crippen molar-refractivity contribution in [1.29, 1.82) is 0 Å². The van der Waals surface area contributed by atoms with Crippen molar-refractivity contribution in [2.45, 2.75) is 46.5 Å². The number of likely N-dealkylation sites (tertiary alicyclic amines) is 1. The maximum Gasteiger partial charge on any atom is 0.317 e. The van der Waals surface area contributed by atoms with Gasteiger partial charge in [-0.15, -0.1) is 0 Å². The predicted octanol–water partition coefficient (Wildman–Crippen LogP) is 2.32. The summed E-state index contributed by atoms with van der Waals surface area (Å²) in [5, 5.41) is 11.3. The van der Waals surface area contributed by atoms with Crippen LogP contribution in [0.15, 0.2) is 0 Å². The first kappa shape index (κ1) is 15.8. The largest absolute Gasteiger partial charge is 0.481 e. The molecule has 0 aromatic heterocycles. The lowest BCUT2D eigenvalue weighted by atomic mass is 9.76. The molecule has 1 heterocycles. The molecule has 1 saturated heterocycles. The number of carbonyl (C=O) groups is 2. The van der Waals surface area contributed by atoms with E-state index in [1.807, 2.05) is 4.90 Å². The Morgan fingerprint density at radius 2 is 2.05 bits per heavy atom. The molecule has 1 atom stereocenters. The molecule has 1 unspecified atom stereocenters. The predicted molar refractivity (Wildman–Crippen MR) is 74.0 cm³/mol. The van der Waals surface area contributed by atoms with Crippen molar-refractivity contribution >= 4 is 12.0 Å². The molecule has 0 aromatic carbocycles.